The van der Waals surface area contributed by atoms with Crippen LogP contribution in [-0.4, -0.2) is 77.6 Å². The number of Topliss-reactive ketones (excluding diaryl/α,β-unsaturated/α-hetero) is 1. The van der Waals surface area contributed by atoms with Crippen LogP contribution >= 0.6 is 0 Å². The van der Waals surface area contributed by atoms with Crippen molar-refractivity contribution >= 4 is 17.6 Å². The van der Waals surface area contributed by atoms with Gasteiger partial charge in [0.15, 0.2) is 5.78 Å². The molecule has 30 heavy (non-hydrogen) atoms. The molecule has 4 fully saturated rings. The van der Waals surface area contributed by atoms with Crippen LogP contribution in [0.3, 0.4) is 0 Å². The Balaban J connectivity index is 1.40. The molecular weight excluding hydrogens is 380 g/mol. The largest absolute Gasteiger partial charge is 0.339 e. The summed E-state index contributed by atoms with van der Waals surface area (Å²) in [5, 5.41) is 0. The molecule has 1 aromatic carbocycles. The molecule has 1 unspecified atom stereocenters. The monoisotopic (exact) mass is 410 g/mol. The highest BCUT2D eigenvalue weighted by Gasteiger charge is 2.57. The fraction of sp³-hybridized carbons (Fsp3) is 0.609. The Labute approximate surface area is 177 Å². The Hall–Kier alpha value is -2.25. The molecule has 4 saturated heterocycles. The number of benzene rings is 1. The van der Waals surface area contributed by atoms with Gasteiger partial charge in [0.2, 0.25) is 11.8 Å². The SMILES string of the molecule is CC12CN3CC(C)(CN(C1)C(=O)CN(Cc1ccc4c(c1)CC(N)C4)CC3=O)C2=O. The molecule has 4 bridgehead atoms. The molecular formula is C23H30N4O3. The van der Waals surface area contributed by atoms with Crippen molar-refractivity contribution < 1.29 is 14.4 Å². The molecule has 7 heteroatoms. The van der Waals surface area contributed by atoms with Gasteiger partial charge < -0.3 is 15.5 Å². The first-order valence-corrected chi connectivity index (χ1v) is 10.8. The third-order valence-corrected chi connectivity index (χ3v) is 7.32. The lowest BCUT2D eigenvalue weighted by atomic mass is 9.64. The maximum atomic E-state index is 13.2. The molecule has 4 aliphatic heterocycles. The van der Waals surface area contributed by atoms with E-state index in [-0.39, 0.29) is 36.7 Å². The zero-order chi connectivity index (χ0) is 21.3. The summed E-state index contributed by atoms with van der Waals surface area (Å²) in [7, 11) is 0. The third-order valence-electron chi connectivity index (χ3n) is 7.32. The lowest BCUT2D eigenvalue weighted by Crippen LogP contribution is -2.71. The summed E-state index contributed by atoms with van der Waals surface area (Å²) < 4.78 is 0. The van der Waals surface area contributed by atoms with E-state index in [1.165, 1.54) is 11.1 Å². The zero-order valence-corrected chi connectivity index (χ0v) is 17.8. The van der Waals surface area contributed by atoms with Gasteiger partial charge in [-0.3, -0.25) is 19.3 Å². The van der Waals surface area contributed by atoms with E-state index in [0.717, 1.165) is 18.4 Å². The van der Waals surface area contributed by atoms with Crippen molar-refractivity contribution in [3.8, 4) is 0 Å². The number of ketones is 1. The van der Waals surface area contributed by atoms with Crippen LogP contribution in [0, 0.1) is 10.8 Å². The van der Waals surface area contributed by atoms with E-state index in [9.17, 15) is 14.4 Å². The Morgan fingerprint density at radius 1 is 0.900 bits per heavy atom. The van der Waals surface area contributed by atoms with Crippen molar-refractivity contribution in [1.29, 1.82) is 0 Å². The molecule has 0 radical (unpaired) electrons. The fourth-order valence-electron chi connectivity index (χ4n) is 6.08. The van der Waals surface area contributed by atoms with Gasteiger partial charge in [0, 0.05) is 38.8 Å². The summed E-state index contributed by atoms with van der Waals surface area (Å²) in [4.78, 5) is 45.0. The highest BCUT2D eigenvalue weighted by Crippen LogP contribution is 2.42. The lowest BCUT2D eigenvalue weighted by molar-refractivity contribution is -0.169. The van der Waals surface area contributed by atoms with Gasteiger partial charge in [-0.25, -0.2) is 0 Å². The van der Waals surface area contributed by atoms with Gasteiger partial charge in [0.05, 0.1) is 23.9 Å². The second-order valence-electron chi connectivity index (χ2n) is 10.4. The summed E-state index contributed by atoms with van der Waals surface area (Å²) in [6, 6.07) is 6.57. The first-order valence-electron chi connectivity index (χ1n) is 10.8. The van der Waals surface area contributed by atoms with Crippen molar-refractivity contribution in [1.82, 2.24) is 14.7 Å². The second kappa shape index (κ2) is 6.62. The van der Waals surface area contributed by atoms with Crippen LogP contribution in [0.25, 0.3) is 0 Å². The standard InChI is InChI=1S/C23H30N4O3/c1-22-11-26-13-23(2,21(22)30)14-27(12-22)20(29)10-25(9-19(26)28)8-15-3-4-16-6-18(24)7-17(16)5-15/h3-5,18H,6-14,24H2,1-2H3. The summed E-state index contributed by atoms with van der Waals surface area (Å²) in [5.74, 6) is 0.203. The van der Waals surface area contributed by atoms with E-state index in [1.807, 2.05) is 28.5 Å². The highest BCUT2D eigenvalue weighted by molar-refractivity contribution is 5.96. The number of carbonyl (C=O) groups excluding carboxylic acids is 3. The van der Waals surface area contributed by atoms with E-state index in [1.54, 1.807) is 0 Å². The summed E-state index contributed by atoms with van der Waals surface area (Å²) in [6.07, 6.45) is 1.80. The molecule has 4 heterocycles. The normalized spacial score (nSPS) is 34.1. The zero-order valence-electron chi connectivity index (χ0n) is 17.8. The Kier molecular flexibility index (Phi) is 4.35. The van der Waals surface area contributed by atoms with Crippen molar-refractivity contribution in [2.45, 2.75) is 39.3 Å². The first-order chi connectivity index (χ1) is 14.1. The van der Waals surface area contributed by atoms with Crippen molar-refractivity contribution in [3.63, 3.8) is 0 Å². The summed E-state index contributed by atoms with van der Waals surface area (Å²) >= 11 is 0. The van der Waals surface area contributed by atoms with Crippen molar-refractivity contribution in [2.24, 2.45) is 16.6 Å². The second-order valence-corrected chi connectivity index (χ2v) is 10.4. The molecule has 0 aromatic heterocycles. The van der Waals surface area contributed by atoms with Gasteiger partial charge in [-0.05, 0) is 43.4 Å². The molecule has 1 aliphatic carbocycles. The molecule has 1 atom stereocenters. The maximum absolute atomic E-state index is 13.2. The third kappa shape index (κ3) is 3.15. The van der Waals surface area contributed by atoms with Crippen LogP contribution < -0.4 is 5.73 Å². The average molecular weight is 411 g/mol. The van der Waals surface area contributed by atoms with Gasteiger partial charge >= 0.3 is 0 Å². The Morgan fingerprint density at radius 3 is 2.00 bits per heavy atom. The first kappa shape index (κ1) is 19.7. The molecule has 7 nitrogen and oxygen atoms in total. The predicted octanol–water partition coefficient (Wildman–Crippen LogP) is 0.194. The number of hydrogen-bond donors (Lipinski definition) is 1. The number of hydrogen-bond acceptors (Lipinski definition) is 5. The number of amides is 2. The van der Waals surface area contributed by atoms with Crippen LogP contribution in [0.1, 0.15) is 30.5 Å². The average Bonchev–Trinajstić information content (AvgIpc) is 3.02. The minimum atomic E-state index is -0.669. The van der Waals surface area contributed by atoms with Crippen LogP contribution in [0.2, 0.25) is 0 Å². The molecule has 1 aromatic rings. The smallest absolute Gasteiger partial charge is 0.236 e. The quantitative estimate of drug-likeness (QED) is 0.752. The number of fused-ring (bicyclic) bond motifs is 5. The van der Waals surface area contributed by atoms with Crippen LogP contribution in [0.4, 0.5) is 0 Å². The predicted molar refractivity (Wildman–Crippen MR) is 111 cm³/mol. The molecule has 2 amide bonds. The van der Waals surface area contributed by atoms with Crippen molar-refractivity contribution in [3.05, 3.63) is 34.9 Å². The molecule has 2 N–H and O–H groups in total. The van der Waals surface area contributed by atoms with Crippen LogP contribution in [0.5, 0.6) is 0 Å². The summed E-state index contributed by atoms with van der Waals surface area (Å²) in [6.45, 7) is 6.33. The highest BCUT2D eigenvalue weighted by atomic mass is 16.2. The van der Waals surface area contributed by atoms with E-state index >= 15 is 0 Å². The van der Waals surface area contributed by atoms with Crippen LogP contribution in [0.15, 0.2) is 18.2 Å². The van der Waals surface area contributed by atoms with E-state index in [0.29, 0.717) is 32.7 Å². The minimum Gasteiger partial charge on any atom is -0.339 e. The molecule has 0 spiro atoms. The van der Waals surface area contributed by atoms with Gasteiger partial charge in [-0.1, -0.05) is 18.2 Å². The molecule has 6 rings (SSSR count). The maximum Gasteiger partial charge on any atom is 0.236 e. The number of carbonyl (C=O) groups is 3. The van der Waals surface area contributed by atoms with Crippen molar-refractivity contribution in [2.75, 3.05) is 39.3 Å². The molecule has 5 aliphatic rings. The number of piperidine rings is 2. The summed E-state index contributed by atoms with van der Waals surface area (Å²) in [5.41, 5.74) is 8.44. The van der Waals surface area contributed by atoms with Gasteiger partial charge in [-0.15, -0.1) is 0 Å². The van der Waals surface area contributed by atoms with E-state index < -0.39 is 10.8 Å². The fourth-order valence-corrected chi connectivity index (χ4v) is 6.08. The lowest BCUT2D eigenvalue weighted by Gasteiger charge is -2.56. The van der Waals surface area contributed by atoms with Gasteiger partial charge in [-0.2, -0.15) is 0 Å². The Bertz CT molecular complexity index is 888. The molecule has 0 saturated carbocycles. The molecule has 160 valence electrons. The van der Waals surface area contributed by atoms with Gasteiger partial charge in [0.1, 0.15) is 0 Å². The number of nitrogens with zero attached hydrogens (tertiary/aromatic N) is 3. The van der Waals surface area contributed by atoms with E-state index in [2.05, 4.69) is 18.2 Å². The topological polar surface area (TPSA) is 86.9 Å². The number of rotatable bonds is 2. The number of nitrogens with two attached hydrogens (primary N) is 1. The van der Waals surface area contributed by atoms with E-state index in [4.69, 9.17) is 5.73 Å². The minimum absolute atomic E-state index is 0.00582. The van der Waals surface area contributed by atoms with Crippen LogP contribution in [-0.2, 0) is 33.8 Å². The Morgan fingerprint density at radius 2 is 1.43 bits per heavy atom. The van der Waals surface area contributed by atoms with Gasteiger partial charge in [0.25, 0.3) is 0 Å².